The molecule has 1 N–H and O–H groups in total. The van der Waals surface area contributed by atoms with Gasteiger partial charge >= 0.3 is 12.1 Å². The van der Waals surface area contributed by atoms with Gasteiger partial charge in [0.2, 0.25) is 0 Å². The molecule has 5 nitrogen and oxygen atoms in total. The van der Waals surface area contributed by atoms with Crippen LogP contribution in [0.3, 0.4) is 0 Å². The second-order valence-electron chi connectivity index (χ2n) is 5.28. The zero-order chi connectivity index (χ0) is 20.0. The van der Waals surface area contributed by atoms with E-state index in [1.54, 1.807) is 6.92 Å². The molecule has 2 aromatic rings. The van der Waals surface area contributed by atoms with Crippen molar-refractivity contribution in [1.82, 2.24) is 0 Å². The van der Waals surface area contributed by atoms with Gasteiger partial charge in [0.25, 0.3) is 5.91 Å². The molecule has 9 heteroatoms. The SMILES string of the molecule is CCOC(=O)c1ccc(NC(=O)COc2cccc(C(F)(F)F)c2)cc1Cl. The molecule has 0 aliphatic carbocycles. The van der Waals surface area contributed by atoms with E-state index >= 15 is 0 Å². The summed E-state index contributed by atoms with van der Waals surface area (Å²) in [5, 5.41) is 2.56. The van der Waals surface area contributed by atoms with Crippen molar-refractivity contribution in [3.63, 3.8) is 0 Å². The van der Waals surface area contributed by atoms with Crippen molar-refractivity contribution in [2.75, 3.05) is 18.5 Å². The Morgan fingerprint density at radius 1 is 1.15 bits per heavy atom. The molecular formula is C18H15ClF3NO4. The molecule has 1 amide bonds. The third-order valence-corrected chi connectivity index (χ3v) is 3.59. The molecule has 0 aliphatic heterocycles. The number of halogens is 4. The number of ether oxygens (including phenoxy) is 2. The maximum Gasteiger partial charge on any atom is 0.416 e. The predicted octanol–water partition coefficient (Wildman–Crippen LogP) is 4.55. The molecule has 0 radical (unpaired) electrons. The van der Waals surface area contributed by atoms with E-state index in [4.69, 9.17) is 21.1 Å². The first-order valence-corrected chi connectivity index (χ1v) is 8.15. The van der Waals surface area contributed by atoms with Crippen LogP contribution in [0.15, 0.2) is 42.5 Å². The fourth-order valence-electron chi connectivity index (χ4n) is 2.08. The van der Waals surface area contributed by atoms with Crippen LogP contribution in [0.25, 0.3) is 0 Å². The number of anilines is 1. The van der Waals surface area contributed by atoms with Crippen molar-refractivity contribution in [3.05, 3.63) is 58.6 Å². The zero-order valence-corrected chi connectivity index (χ0v) is 14.9. The van der Waals surface area contributed by atoms with Crippen LogP contribution in [0.5, 0.6) is 5.75 Å². The highest BCUT2D eigenvalue weighted by Crippen LogP contribution is 2.31. The number of benzene rings is 2. The molecule has 0 spiro atoms. The molecule has 0 saturated heterocycles. The summed E-state index contributed by atoms with van der Waals surface area (Å²) in [5.41, 5.74) is -0.427. The van der Waals surface area contributed by atoms with E-state index in [0.29, 0.717) is 5.69 Å². The number of esters is 1. The molecule has 0 heterocycles. The van der Waals surface area contributed by atoms with Gasteiger partial charge in [-0.2, -0.15) is 13.2 Å². The van der Waals surface area contributed by atoms with Gasteiger partial charge in [-0.05, 0) is 43.3 Å². The Morgan fingerprint density at radius 3 is 2.52 bits per heavy atom. The summed E-state index contributed by atoms with van der Waals surface area (Å²) < 4.78 is 47.9. The smallest absolute Gasteiger partial charge is 0.416 e. The van der Waals surface area contributed by atoms with E-state index in [1.807, 2.05) is 0 Å². The van der Waals surface area contributed by atoms with Crippen LogP contribution in [0.4, 0.5) is 18.9 Å². The Balaban J connectivity index is 1.96. The first-order valence-electron chi connectivity index (χ1n) is 7.77. The van der Waals surface area contributed by atoms with Crippen molar-refractivity contribution >= 4 is 29.2 Å². The van der Waals surface area contributed by atoms with E-state index in [0.717, 1.165) is 12.1 Å². The molecule has 0 atom stereocenters. The molecule has 0 aliphatic rings. The van der Waals surface area contributed by atoms with E-state index in [1.165, 1.54) is 30.3 Å². The third kappa shape index (κ3) is 5.89. The summed E-state index contributed by atoms with van der Waals surface area (Å²) in [6.45, 7) is 1.35. The second-order valence-corrected chi connectivity index (χ2v) is 5.68. The van der Waals surface area contributed by atoms with Crippen LogP contribution in [-0.2, 0) is 15.7 Å². The van der Waals surface area contributed by atoms with Crippen LogP contribution < -0.4 is 10.1 Å². The Kier molecular flexibility index (Phi) is 6.68. The lowest BCUT2D eigenvalue weighted by molar-refractivity contribution is -0.137. The summed E-state index contributed by atoms with van der Waals surface area (Å²) in [6, 6.07) is 8.40. The number of hydrogen-bond donors (Lipinski definition) is 1. The van der Waals surface area contributed by atoms with Gasteiger partial charge in [0.1, 0.15) is 5.75 Å². The normalized spacial score (nSPS) is 11.0. The fraction of sp³-hybridized carbons (Fsp3) is 0.222. The van der Waals surface area contributed by atoms with E-state index in [9.17, 15) is 22.8 Å². The summed E-state index contributed by atoms with van der Waals surface area (Å²) in [4.78, 5) is 23.6. The number of carbonyl (C=O) groups is 2. The lowest BCUT2D eigenvalue weighted by atomic mass is 10.2. The standard InChI is InChI=1S/C18H15ClF3NO4/c1-2-26-17(25)14-7-6-12(9-15(14)19)23-16(24)10-27-13-5-3-4-11(8-13)18(20,21)22/h3-9H,2,10H2,1H3,(H,23,24). The van der Waals surface area contributed by atoms with E-state index in [-0.39, 0.29) is 22.9 Å². The number of nitrogens with one attached hydrogen (secondary N) is 1. The minimum atomic E-state index is -4.50. The summed E-state index contributed by atoms with van der Waals surface area (Å²) >= 11 is 5.99. The highest BCUT2D eigenvalue weighted by Gasteiger charge is 2.30. The van der Waals surface area contributed by atoms with Crippen molar-refractivity contribution in [1.29, 1.82) is 0 Å². The summed E-state index contributed by atoms with van der Waals surface area (Å²) in [7, 11) is 0. The van der Waals surface area contributed by atoms with Crippen LogP contribution in [0.1, 0.15) is 22.8 Å². The zero-order valence-electron chi connectivity index (χ0n) is 14.1. The van der Waals surface area contributed by atoms with Crippen LogP contribution in [0, 0.1) is 0 Å². The van der Waals surface area contributed by atoms with Crippen molar-refractivity contribution in [2.45, 2.75) is 13.1 Å². The fourth-order valence-corrected chi connectivity index (χ4v) is 2.33. The lowest BCUT2D eigenvalue weighted by Gasteiger charge is -2.11. The van der Waals surface area contributed by atoms with Crippen LogP contribution in [-0.4, -0.2) is 25.1 Å². The van der Waals surface area contributed by atoms with Gasteiger partial charge in [0.15, 0.2) is 6.61 Å². The number of carbonyl (C=O) groups excluding carboxylic acids is 2. The first kappa shape index (κ1) is 20.6. The minimum Gasteiger partial charge on any atom is -0.484 e. The van der Waals surface area contributed by atoms with Gasteiger partial charge in [-0.1, -0.05) is 17.7 Å². The monoisotopic (exact) mass is 401 g/mol. The van der Waals surface area contributed by atoms with E-state index in [2.05, 4.69) is 5.32 Å². The Morgan fingerprint density at radius 2 is 1.89 bits per heavy atom. The summed E-state index contributed by atoms with van der Waals surface area (Å²) in [6.07, 6.45) is -4.50. The maximum absolute atomic E-state index is 12.6. The van der Waals surface area contributed by atoms with Gasteiger partial charge in [-0.25, -0.2) is 4.79 Å². The first-order chi connectivity index (χ1) is 12.7. The molecule has 0 fully saturated rings. The molecule has 27 heavy (non-hydrogen) atoms. The highest BCUT2D eigenvalue weighted by molar-refractivity contribution is 6.34. The van der Waals surface area contributed by atoms with E-state index < -0.39 is 30.2 Å². The average molecular weight is 402 g/mol. The van der Waals surface area contributed by atoms with Gasteiger partial charge in [-0.15, -0.1) is 0 Å². The van der Waals surface area contributed by atoms with Crippen molar-refractivity contribution < 1.29 is 32.2 Å². The highest BCUT2D eigenvalue weighted by atomic mass is 35.5. The number of hydrogen-bond acceptors (Lipinski definition) is 4. The number of alkyl halides is 3. The molecule has 2 aromatic carbocycles. The Labute approximate surface area is 158 Å². The number of amides is 1. The molecule has 2 rings (SSSR count). The maximum atomic E-state index is 12.6. The molecule has 0 aromatic heterocycles. The third-order valence-electron chi connectivity index (χ3n) is 3.28. The van der Waals surface area contributed by atoms with Crippen molar-refractivity contribution in [3.8, 4) is 5.75 Å². The number of rotatable bonds is 6. The van der Waals surface area contributed by atoms with Gasteiger partial charge in [-0.3, -0.25) is 4.79 Å². The molecule has 0 unspecified atom stereocenters. The topological polar surface area (TPSA) is 64.6 Å². The second kappa shape index (κ2) is 8.77. The van der Waals surface area contributed by atoms with Crippen LogP contribution in [0.2, 0.25) is 5.02 Å². The van der Waals surface area contributed by atoms with Crippen LogP contribution >= 0.6 is 11.6 Å². The lowest BCUT2D eigenvalue weighted by Crippen LogP contribution is -2.20. The Hall–Kier alpha value is -2.74. The van der Waals surface area contributed by atoms with Gasteiger partial charge < -0.3 is 14.8 Å². The largest absolute Gasteiger partial charge is 0.484 e. The molecular weight excluding hydrogens is 387 g/mol. The van der Waals surface area contributed by atoms with Crippen molar-refractivity contribution in [2.24, 2.45) is 0 Å². The van der Waals surface area contributed by atoms with Gasteiger partial charge in [0.05, 0.1) is 22.8 Å². The molecule has 144 valence electrons. The summed E-state index contributed by atoms with van der Waals surface area (Å²) in [5.74, 6) is -1.28. The minimum absolute atomic E-state index is 0.0873. The molecule has 0 saturated carbocycles. The van der Waals surface area contributed by atoms with Gasteiger partial charge in [0, 0.05) is 5.69 Å². The molecule has 0 bridgehead atoms. The average Bonchev–Trinajstić information content (AvgIpc) is 2.60. The predicted molar refractivity (Wildman–Crippen MR) is 93.0 cm³/mol. The Bertz CT molecular complexity index is 840. The quantitative estimate of drug-likeness (QED) is 0.721.